The summed E-state index contributed by atoms with van der Waals surface area (Å²) in [6.07, 6.45) is 1.04. The fraction of sp³-hybridized carbons (Fsp3) is 0.250. The summed E-state index contributed by atoms with van der Waals surface area (Å²) in [4.78, 5) is 14.8. The molecule has 0 aromatic carbocycles. The number of amides is 1. The zero-order valence-corrected chi connectivity index (χ0v) is 7.06. The second kappa shape index (κ2) is 5.10. The first-order valence-corrected chi connectivity index (χ1v) is 3.88. The summed E-state index contributed by atoms with van der Waals surface area (Å²) in [5.41, 5.74) is 5.15. The lowest BCUT2D eigenvalue weighted by molar-refractivity contribution is 0.165. The number of carbonyl (C=O) groups is 1. The molecule has 70 valence electrons. The summed E-state index contributed by atoms with van der Waals surface area (Å²) in [5, 5.41) is 2.45. The van der Waals surface area contributed by atoms with Gasteiger partial charge in [-0.2, -0.15) is 0 Å². The molecule has 0 fully saturated rings. The SMILES string of the molecule is NCCOC(=O)Nc1ccccn1. The van der Waals surface area contributed by atoms with Crippen molar-refractivity contribution in [3.8, 4) is 0 Å². The summed E-state index contributed by atoms with van der Waals surface area (Å²) in [7, 11) is 0. The van der Waals surface area contributed by atoms with Crippen LogP contribution in [0.1, 0.15) is 0 Å². The van der Waals surface area contributed by atoms with Gasteiger partial charge in [0.25, 0.3) is 0 Å². The number of hydrogen-bond donors (Lipinski definition) is 2. The number of anilines is 1. The van der Waals surface area contributed by atoms with Crippen LogP contribution >= 0.6 is 0 Å². The Morgan fingerprint density at radius 2 is 2.46 bits per heavy atom. The monoisotopic (exact) mass is 181 g/mol. The van der Waals surface area contributed by atoms with Crippen molar-refractivity contribution in [1.29, 1.82) is 0 Å². The maximum atomic E-state index is 10.9. The minimum atomic E-state index is -0.538. The molecule has 13 heavy (non-hydrogen) atoms. The molecule has 0 aliphatic rings. The molecular weight excluding hydrogens is 170 g/mol. The van der Waals surface area contributed by atoms with Gasteiger partial charge >= 0.3 is 6.09 Å². The Labute approximate surface area is 75.9 Å². The van der Waals surface area contributed by atoms with E-state index in [4.69, 9.17) is 5.73 Å². The minimum absolute atomic E-state index is 0.207. The van der Waals surface area contributed by atoms with Crippen molar-refractivity contribution in [2.75, 3.05) is 18.5 Å². The lowest BCUT2D eigenvalue weighted by Crippen LogP contribution is -2.18. The molecule has 0 unspecified atom stereocenters. The van der Waals surface area contributed by atoms with Gasteiger partial charge in [-0.15, -0.1) is 0 Å². The highest BCUT2D eigenvalue weighted by atomic mass is 16.5. The van der Waals surface area contributed by atoms with Crippen LogP contribution in [0.4, 0.5) is 10.6 Å². The first-order valence-electron chi connectivity index (χ1n) is 3.88. The first-order chi connectivity index (χ1) is 6.33. The highest BCUT2D eigenvalue weighted by molar-refractivity contribution is 5.83. The number of ether oxygens (including phenoxy) is 1. The Balaban J connectivity index is 2.37. The van der Waals surface area contributed by atoms with E-state index in [2.05, 4.69) is 15.0 Å². The van der Waals surface area contributed by atoms with Gasteiger partial charge in [-0.1, -0.05) is 6.07 Å². The van der Waals surface area contributed by atoms with E-state index in [-0.39, 0.29) is 6.61 Å². The zero-order chi connectivity index (χ0) is 9.52. The summed E-state index contributed by atoms with van der Waals surface area (Å²) in [6.45, 7) is 0.522. The predicted molar refractivity (Wildman–Crippen MR) is 48.3 cm³/mol. The van der Waals surface area contributed by atoms with Gasteiger partial charge < -0.3 is 10.5 Å². The van der Waals surface area contributed by atoms with Crippen molar-refractivity contribution in [2.24, 2.45) is 5.73 Å². The number of rotatable bonds is 3. The summed E-state index contributed by atoms with van der Waals surface area (Å²) in [6, 6.07) is 5.20. The van der Waals surface area contributed by atoms with E-state index in [1.54, 1.807) is 24.4 Å². The second-order valence-electron chi connectivity index (χ2n) is 2.26. The van der Waals surface area contributed by atoms with Crippen molar-refractivity contribution in [3.05, 3.63) is 24.4 Å². The van der Waals surface area contributed by atoms with E-state index >= 15 is 0 Å². The molecule has 0 aliphatic heterocycles. The van der Waals surface area contributed by atoms with E-state index in [1.807, 2.05) is 0 Å². The number of aromatic nitrogens is 1. The van der Waals surface area contributed by atoms with Crippen molar-refractivity contribution >= 4 is 11.9 Å². The highest BCUT2D eigenvalue weighted by Gasteiger charge is 2.01. The van der Waals surface area contributed by atoms with Crippen LogP contribution in [0, 0.1) is 0 Å². The van der Waals surface area contributed by atoms with Gasteiger partial charge in [0.05, 0.1) is 0 Å². The first kappa shape index (κ1) is 9.47. The van der Waals surface area contributed by atoms with Crippen molar-refractivity contribution in [3.63, 3.8) is 0 Å². The van der Waals surface area contributed by atoms with E-state index in [0.717, 1.165) is 0 Å². The molecular formula is C8H11N3O2. The van der Waals surface area contributed by atoms with Crippen molar-refractivity contribution in [1.82, 2.24) is 4.98 Å². The van der Waals surface area contributed by atoms with Crippen LogP contribution in [0.2, 0.25) is 0 Å². The summed E-state index contributed by atoms with van der Waals surface area (Å²) in [5.74, 6) is 0.463. The molecule has 5 heteroatoms. The standard InChI is InChI=1S/C8H11N3O2/c9-4-6-13-8(12)11-7-3-1-2-5-10-7/h1-3,5H,4,6,9H2,(H,10,11,12). The molecule has 0 aliphatic carbocycles. The average Bonchev–Trinajstić information content (AvgIpc) is 2.16. The number of nitrogens with one attached hydrogen (secondary N) is 1. The molecule has 0 saturated carbocycles. The largest absolute Gasteiger partial charge is 0.448 e. The summed E-state index contributed by atoms with van der Waals surface area (Å²) >= 11 is 0. The highest BCUT2D eigenvalue weighted by Crippen LogP contribution is 1.99. The maximum Gasteiger partial charge on any atom is 0.412 e. The predicted octanol–water partition coefficient (Wildman–Crippen LogP) is 0.589. The Hall–Kier alpha value is -1.62. The molecule has 1 aromatic heterocycles. The normalized spacial score (nSPS) is 9.31. The van der Waals surface area contributed by atoms with E-state index in [1.165, 1.54) is 0 Å². The van der Waals surface area contributed by atoms with E-state index < -0.39 is 6.09 Å². The lowest BCUT2D eigenvalue weighted by atomic mass is 10.5. The number of nitrogens with zero attached hydrogens (tertiary/aromatic N) is 1. The van der Waals surface area contributed by atoms with Gasteiger partial charge in [0.15, 0.2) is 0 Å². The number of hydrogen-bond acceptors (Lipinski definition) is 4. The quantitative estimate of drug-likeness (QED) is 0.715. The third kappa shape index (κ3) is 3.53. The Morgan fingerprint density at radius 3 is 3.08 bits per heavy atom. The van der Waals surface area contributed by atoms with E-state index in [0.29, 0.717) is 12.4 Å². The van der Waals surface area contributed by atoms with Gasteiger partial charge in [0.1, 0.15) is 12.4 Å². The number of nitrogens with two attached hydrogens (primary N) is 1. The van der Waals surface area contributed by atoms with Crippen LogP contribution < -0.4 is 11.1 Å². The molecule has 0 bridgehead atoms. The molecule has 0 radical (unpaired) electrons. The molecule has 1 heterocycles. The Morgan fingerprint density at radius 1 is 1.62 bits per heavy atom. The van der Waals surface area contributed by atoms with Gasteiger partial charge in [0, 0.05) is 12.7 Å². The van der Waals surface area contributed by atoms with Crippen LogP contribution in [0.15, 0.2) is 24.4 Å². The molecule has 0 spiro atoms. The van der Waals surface area contributed by atoms with Crippen LogP contribution in [0.25, 0.3) is 0 Å². The zero-order valence-electron chi connectivity index (χ0n) is 7.06. The third-order valence-electron chi connectivity index (χ3n) is 1.25. The third-order valence-corrected chi connectivity index (χ3v) is 1.25. The van der Waals surface area contributed by atoms with Crippen LogP contribution in [0.3, 0.4) is 0 Å². The van der Waals surface area contributed by atoms with Gasteiger partial charge in [0.2, 0.25) is 0 Å². The summed E-state index contributed by atoms with van der Waals surface area (Å²) < 4.78 is 4.68. The average molecular weight is 181 g/mol. The lowest BCUT2D eigenvalue weighted by Gasteiger charge is -2.03. The van der Waals surface area contributed by atoms with Gasteiger partial charge in [-0.05, 0) is 12.1 Å². The van der Waals surface area contributed by atoms with E-state index in [9.17, 15) is 4.79 Å². The molecule has 3 N–H and O–H groups in total. The van der Waals surface area contributed by atoms with Crippen LogP contribution in [-0.2, 0) is 4.74 Å². The molecule has 5 nitrogen and oxygen atoms in total. The Bertz CT molecular complexity index is 263. The van der Waals surface area contributed by atoms with Crippen molar-refractivity contribution < 1.29 is 9.53 Å². The molecule has 0 atom stereocenters. The number of pyridine rings is 1. The maximum absolute atomic E-state index is 10.9. The topological polar surface area (TPSA) is 77.2 Å². The van der Waals surface area contributed by atoms with Crippen molar-refractivity contribution in [2.45, 2.75) is 0 Å². The fourth-order valence-electron chi connectivity index (χ4n) is 0.729. The Kier molecular flexibility index (Phi) is 3.72. The molecule has 1 aromatic rings. The molecule has 0 saturated heterocycles. The smallest absolute Gasteiger partial charge is 0.412 e. The van der Waals surface area contributed by atoms with Gasteiger partial charge in [-0.25, -0.2) is 9.78 Å². The van der Waals surface area contributed by atoms with Crippen LogP contribution in [0.5, 0.6) is 0 Å². The number of carbonyl (C=O) groups excluding carboxylic acids is 1. The minimum Gasteiger partial charge on any atom is -0.448 e. The fourth-order valence-corrected chi connectivity index (χ4v) is 0.729. The van der Waals surface area contributed by atoms with Crippen LogP contribution in [-0.4, -0.2) is 24.2 Å². The molecule has 1 rings (SSSR count). The van der Waals surface area contributed by atoms with Gasteiger partial charge in [-0.3, -0.25) is 5.32 Å². The molecule has 1 amide bonds. The second-order valence-corrected chi connectivity index (χ2v) is 2.26.